The Hall–Kier alpha value is -2.55. The lowest BCUT2D eigenvalue weighted by Gasteiger charge is -2.02. The maximum Gasteiger partial charge on any atom is 0.294 e. The van der Waals surface area contributed by atoms with E-state index >= 15 is 0 Å². The van der Waals surface area contributed by atoms with Crippen LogP contribution in [0.4, 0.5) is 5.13 Å². The highest BCUT2D eigenvalue weighted by atomic mass is 32.2. The Morgan fingerprint density at radius 3 is 2.33 bits per heavy atom. The SMILES string of the molecule is O=C(Nc1nc(-c2ccccc2)cs1)c1ccc(S(=O)(=O)O)cc1. The lowest BCUT2D eigenvalue weighted by Crippen LogP contribution is -2.12. The number of benzene rings is 2. The number of amides is 1. The number of thiazole rings is 1. The number of hydrogen-bond acceptors (Lipinski definition) is 5. The number of carbonyl (C=O) groups excluding carboxylic acids is 1. The van der Waals surface area contributed by atoms with Crippen molar-refractivity contribution in [1.82, 2.24) is 4.98 Å². The van der Waals surface area contributed by atoms with Crippen molar-refractivity contribution in [1.29, 1.82) is 0 Å². The Kier molecular flexibility index (Phi) is 4.43. The van der Waals surface area contributed by atoms with E-state index in [1.54, 1.807) is 0 Å². The summed E-state index contributed by atoms with van der Waals surface area (Å²) in [5, 5.41) is 4.95. The fraction of sp³-hybridized carbons (Fsp3) is 0. The predicted octanol–water partition coefficient (Wildman–Crippen LogP) is 3.31. The van der Waals surface area contributed by atoms with Crippen molar-refractivity contribution in [2.24, 2.45) is 0 Å². The first kappa shape index (κ1) is 16.3. The molecule has 0 aliphatic heterocycles. The molecule has 0 fully saturated rings. The number of aromatic nitrogens is 1. The monoisotopic (exact) mass is 360 g/mol. The lowest BCUT2D eigenvalue weighted by atomic mass is 10.2. The molecule has 0 atom stereocenters. The van der Waals surface area contributed by atoms with Gasteiger partial charge in [-0.1, -0.05) is 30.3 Å². The molecule has 1 heterocycles. The summed E-state index contributed by atoms with van der Waals surface area (Å²) in [5.41, 5.74) is 1.98. The van der Waals surface area contributed by atoms with Crippen LogP contribution < -0.4 is 5.32 Å². The van der Waals surface area contributed by atoms with Gasteiger partial charge in [0.2, 0.25) is 0 Å². The highest BCUT2D eigenvalue weighted by Gasteiger charge is 2.13. The number of nitrogens with one attached hydrogen (secondary N) is 1. The van der Waals surface area contributed by atoms with Crippen molar-refractivity contribution in [2.75, 3.05) is 5.32 Å². The fourth-order valence-corrected chi connectivity index (χ4v) is 3.21. The lowest BCUT2D eigenvalue weighted by molar-refractivity contribution is 0.102. The zero-order valence-corrected chi connectivity index (χ0v) is 13.8. The standard InChI is InChI=1S/C16H12N2O4S2/c19-15(12-6-8-13(9-7-12)24(20,21)22)18-16-17-14(10-23-16)11-4-2-1-3-5-11/h1-10H,(H,17,18,19)(H,20,21,22). The van der Waals surface area contributed by atoms with Gasteiger partial charge in [0.05, 0.1) is 10.6 Å². The average Bonchev–Trinajstić information content (AvgIpc) is 3.03. The van der Waals surface area contributed by atoms with E-state index in [0.717, 1.165) is 11.3 Å². The van der Waals surface area contributed by atoms with E-state index in [0.29, 0.717) is 5.13 Å². The van der Waals surface area contributed by atoms with E-state index in [2.05, 4.69) is 10.3 Å². The van der Waals surface area contributed by atoms with Crippen LogP contribution in [0.25, 0.3) is 11.3 Å². The second-order valence-corrected chi connectivity index (χ2v) is 7.14. The van der Waals surface area contributed by atoms with Crippen molar-refractivity contribution in [3.05, 3.63) is 65.5 Å². The molecule has 1 amide bonds. The summed E-state index contributed by atoms with van der Waals surface area (Å²) in [6, 6.07) is 14.6. The largest absolute Gasteiger partial charge is 0.298 e. The third kappa shape index (κ3) is 3.67. The van der Waals surface area contributed by atoms with Gasteiger partial charge in [-0.05, 0) is 24.3 Å². The first-order valence-electron chi connectivity index (χ1n) is 6.83. The van der Waals surface area contributed by atoms with Crippen LogP contribution in [0.5, 0.6) is 0 Å². The van der Waals surface area contributed by atoms with E-state index in [-0.39, 0.29) is 10.5 Å². The molecule has 2 N–H and O–H groups in total. The van der Waals surface area contributed by atoms with Gasteiger partial charge in [0.1, 0.15) is 0 Å². The first-order chi connectivity index (χ1) is 11.4. The highest BCUT2D eigenvalue weighted by molar-refractivity contribution is 7.85. The molecule has 0 unspecified atom stereocenters. The van der Waals surface area contributed by atoms with Gasteiger partial charge in [-0.15, -0.1) is 11.3 Å². The molecule has 0 aliphatic rings. The molecule has 0 radical (unpaired) electrons. The predicted molar refractivity (Wildman–Crippen MR) is 91.8 cm³/mol. The molecule has 122 valence electrons. The van der Waals surface area contributed by atoms with Crippen molar-refractivity contribution in [2.45, 2.75) is 4.90 Å². The van der Waals surface area contributed by atoms with E-state index < -0.39 is 16.0 Å². The fourth-order valence-electron chi connectivity index (χ4n) is 2.02. The first-order valence-corrected chi connectivity index (χ1v) is 9.15. The van der Waals surface area contributed by atoms with Gasteiger partial charge in [-0.25, -0.2) is 4.98 Å². The number of carbonyl (C=O) groups is 1. The third-order valence-corrected chi connectivity index (χ3v) is 4.83. The maximum absolute atomic E-state index is 12.2. The smallest absolute Gasteiger partial charge is 0.294 e. The molecule has 2 aromatic carbocycles. The molecule has 3 aromatic rings. The van der Waals surface area contributed by atoms with E-state index in [1.165, 1.54) is 35.6 Å². The summed E-state index contributed by atoms with van der Waals surface area (Å²) in [6.45, 7) is 0. The van der Waals surface area contributed by atoms with Crippen molar-refractivity contribution < 1.29 is 17.8 Å². The molecule has 6 nitrogen and oxygen atoms in total. The van der Waals surface area contributed by atoms with Crippen molar-refractivity contribution in [3.8, 4) is 11.3 Å². The highest BCUT2D eigenvalue weighted by Crippen LogP contribution is 2.25. The zero-order chi connectivity index (χ0) is 17.2. The molecule has 1 aromatic heterocycles. The molecule has 24 heavy (non-hydrogen) atoms. The van der Waals surface area contributed by atoms with Gasteiger partial charge in [0.15, 0.2) is 5.13 Å². The van der Waals surface area contributed by atoms with Gasteiger partial charge in [0, 0.05) is 16.5 Å². The topological polar surface area (TPSA) is 96.4 Å². The van der Waals surface area contributed by atoms with Crippen LogP contribution in [0.1, 0.15) is 10.4 Å². The number of hydrogen-bond donors (Lipinski definition) is 2. The van der Waals surface area contributed by atoms with Crippen LogP contribution in [0.2, 0.25) is 0 Å². The molecule has 3 rings (SSSR count). The summed E-state index contributed by atoms with van der Waals surface area (Å²) in [5.74, 6) is -0.411. The van der Waals surface area contributed by atoms with Crippen LogP contribution in [0.3, 0.4) is 0 Å². The Balaban J connectivity index is 1.75. The second kappa shape index (κ2) is 6.52. The average molecular weight is 360 g/mol. The molecule has 0 bridgehead atoms. The van der Waals surface area contributed by atoms with Gasteiger partial charge in [-0.2, -0.15) is 8.42 Å². The summed E-state index contributed by atoms with van der Waals surface area (Å²) in [7, 11) is -4.27. The Morgan fingerprint density at radius 2 is 1.71 bits per heavy atom. The summed E-state index contributed by atoms with van der Waals surface area (Å²) < 4.78 is 30.9. The van der Waals surface area contributed by atoms with E-state index in [4.69, 9.17) is 4.55 Å². The quantitative estimate of drug-likeness (QED) is 0.696. The molecular weight excluding hydrogens is 348 g/mol. The normalized spacial score (nSPS) is 11.2. The Morgan fingerprint density at radius 1 is 1.04 bits per heavy atom. The number of anilines is 1. The summed E-state index contributed by atoms with van der Waals surface area (Å²) in [6.07, 6.45) is 0. The van der Waals surface area contributed by atoms with Gasteiger partial charge < -0.3 is 0 Å². The van der Waals surface area contributed by atoms with Gasteiger partial charge >= 0.3 is 0 Å². The van der Waals surface area contributed by atoms with Crippen LogP contribution in [0, 0.1) is 0 Å². The third-order valence-electron chi connectivity index (χ3n) is 3.21. The van der Waals surface area contributed by atoms with Crippen molar-refractivity contribution in [3.63, 3.8) is 0 Å². The Bertz CT molecular complexity index is 965. The molecular formula is C16H12N2O4S2. The van der Waals surface area contributed by atoms with Crippen molar-refractivity contribution >= 4 is 32.5 Å². The minimum absolute atomic E-state index is 0.263. The van der Waals surface area contributed by atoms with Crippen LogP contribution in [-0.2, 0) is 10.1 Å². The minimum Gasteiger partial charge on any atom is -0.298 e. The van der Waals surface area contributed by atoms with Crippen LogP contribution in [0.15, 0.2) is 64.9 Å². The molecule has 0 saturated heterocycles. The minimum atomic E-state index is -4.27. The van der Waals surface area contributed by atoms with Gasteiger partial charge in [-0.3, -0.25) is 14.7 Å². The van der Waals surface area contributed by atoms with E-state index in [9.17, 15) is 13.2 Å². The Labute approximate surface area is 142 Å². The molecule has 8 heteroatoms. The second-order valence-electron chi connectivity index (χ2n) is 4.86. The zero-order valence-electron chi connectivity index (χ0n) is 12.2. The summed E-state index contributed by atoms with van der Waals surface area (Å²) in [4.78, 5) is 16.3. The van der Waals surface area contributed by atoms with Gasteiger partial charge in [0.25, 0.3) is 16.0 Å². The summed E-state index contributed by atoms with van der Waals surface area (Å²) >= 11 is 1.30. The molecule has 0 aliphatic carbocycles. The van der Waals surface area contributed by atoms with Crippen LogP contribution >= 0.6 is 11.3 Å². The molecule has 0 spiro atoms. The number of rotatable bonds is 4. The van der Waals surface area contributed by atoms with E-state index in [1.807, 2.05) is 35.7 Å². The van der Waals surface area contributed by atoms with Crippen LogP contribution in [-0.4, -0.2) is 23.9 Å². The maximum atomic E-state index is 12.2. The molecule has 0 saturated carbocycles. The number of nitrogens with zero attached hydrogens (tertiary/aromatic N) is 1.